The molecule has 1 aliphatic rings. The molecular formula is C13H26N2O3Si. The number of hydrogen-bond acceptors (Lipinski definition) is 5. The molecule has 1 rings (SSSR count). The molecule has 0 fully saturated rings. The third kappa shape index (κ3) is 5.44. The number of carbonyl (C=O) groups excluding carboxylic acids is 1. The van der Waals surface area contributed by atoms with Gasteiger partial charge in [-0.3, -0.25) is 4.79 Å². The molecule has 19 heavy (non-hydrogen) atoms. The van der Waals surface area contributed by atoms with Gasteiger partial charge in [0.1, 0.15) is 6.04 Å². The van der Waals surface area contributed by atoms with Gasteiger partial charge >= 0.3 is 0 Å². The van der Waals surface area contributed by atoms with Crippen molar-refractivity contribution in [3.05, 3.63) is 12.3 Å². The molecule has 0 radical (unpaired) electrons. The van der Waals surface area contributed by atoms with Crippen LogP contribution in [0.25, 0.3) is 0 Å². The van der Waals surface area contributed by atoms with Gasteiger partial charge in [-0.05, 0) is 13.0 Å². The number of hydrazine groups is 1. The van der Waals surface area contributed by atoms with Crippen LogP contribution in [0, 0.1) is 0 Å². The third-order valence-corrected chi connectivity index (χ3v) is 4.85. The highest BCUT2D eigenvalue weighted by Crippen LogP contribution is 2.11. The van der Waals surface area contributed by atoms with Crippen molar-refractivity contribution in [2.24, 2.45) is 0 Å². The molecule has 1 aliphatic heterocycles. The average Bonchev–Trinajstić information content (AvgIpc) is 2.33. The fourth-order valence-electron chi connectivity index (χ4n) is 1.80. The van der Waals surface area contributed by atoms with E-state index in [4.69, 9.17) is 4.74 Å². The minimum absolute atomic E-state index is 0.000472. The predicted octanol–water partition coefficient (Wildman–Crippen LogP) is 0.994. The highest BCUT2D eigenvalue weighted by molar-refractivity contribution is 6.76. The maximum Gasteiger partial charge on any atom is 0.178 e. The lowest BCUT2D eigenvalue weighted by Gasteiger charge is -2.36. The second kappa shape index (κ2) is 7.19. The quantitative estimate of drug-likeness (QED) is 0.540. The van der Waals surface area contributed by atoms with E-state index in [2.05, 4.69) is 25.1 Å². The van der Waals surface area contributed by atoms with Crippen molar-refractivity contribution in [3.63, 3.8) is 0 Å². The van der Waals surface area contributed by atoms with Crippen LogP contribution < -0.4 is 5.43 Å². The van der Waals surface area contributed by atoms with Crippen molar-refractivity contribution in [3.8, 4) is 0 Å². The molecule has 0 saturated carbocycles. The van der Waals surface area contributed by atoms with E-state index in [1.807, 2.05) is 6.92 Å². The number of hydrogen-bond donors (Lipinski definition) is 2. The Morgan fingerprint density at radius 1 is 1.53 bits per heavy atom. The Bertz CT molecular complexity index is 328. The molecule has 0 bridgehead atoms. The molecule has 0 aromatic rings. The van der Waals surface area contributed by atoms with E-state index in [-0.39, 0.29) is 24.5 Å². The lowest BCUT2D eigenvalue weighted by atomic mass is 10.1. The zero-order valence-electron chi connectivity index (χ0n) is 12.3. The first-order valence-corrected chi connectivity index (χ1v) is 10.5. The van der Waals surface area contributed by atoms with Crippen molar-refractivity contribution in [2.45, 2.75) is 44.7 Å². The summed E-state index contributed by atoms with van der Waals surface area (Å²) < 4.78 is 5.66. The second-order valence-electron chi connectivity index (χ2n) is 6.21. The molecule has 5 nitrogen and oxygen atoms in total. The maximum atomic E-state index is 11.9. The molecule has 0 aromatic carbocycles. The Kier molecular flexibility index (Phi) is 6.19. The summed E-state index contributed by atoms with van der Waals surface area (Å²) in [5, 5.41) is 11.0. The van der Waals surface area contributed by atoms with E-state index in [0.29, 0.717) is 13.2 Å². The fourth-order valence-corrected chi connectivity index (χ4v) is 2.56. The predicted molar refractivity (Wildman–Crippen MR) is 78.4 cm³/mol. The normalized spacial score (nSPS) is 22.4. The van der Waals surface area contributed by atoms with Crippen molar-refractivity contribution in [2.75, 3.05) is 19.8 Å². The molecule has 1 heterocycles. The minimum Gasteiger partial charge on any atom is -0.395 e. The number of rotatable bonds is 7. The largest absolute Gasteiger partial charge is 0.395 e. The molecule has 110 valence electrons. The van der Waals surface area contributed by atoms with Crippen molar-refractivity contribution in [1.82, 2.24) is 10.4 Å². The van der Waals surface area contributed by atoms with Crippen molar-refractivity contribution < 1.29 is 14.6 Å². The molecule has 0 amide bonds. The summed E-state index contributed by atoms with van der Waals surface area (Å²) in [6.45, 7) is 9.83. The first-order valence-electron chi connectivity index (χ1n) is 6.78. The molecule has 0 aliphatic carbocycles. The molecule has 6 heteroatoms. The molecule has 0 aromatic heterocycles. The van der Waals surface area contributed by atoms with Crippen LogP contribution in [0.3, 0.4) is 0 Å². The van der Waals surface area contributed by atoms with Gasteiger partial charge in [0.25, 0.3) is 0 Å². The smallest absolute Gasteiger partial charge is 0.178 e. The lowest BCUT2D eigenvalue weighted by molar-refractivity contribution is -0.126. The van der Waals surface area contributed by atoms with Gasteiger partial charge in [0.05, 0.1) is 19.3 Å². The highest BCUT2D eigenvalue weighted by atomic mass is 28.3. The van der Waals surface area contributed by atoms with Crippen LogP contribution in [-0.4, -0.2) is 55.9 Å². The summed E-state index contributed by atoms with van der Waals surface area (Å²) in [4.78, 5) is 11.9. The Morgan fingerprint density at radius 2 is 2.21 bits per heavy atom. The van der Waals surface area contributed by atoms with E-state index in [1.54, 1.807) is 11.2 Å². The van der Waals surface area contributed by atoms with E-state index in [9.17, 15) is 9.90 Å². The van der Waals surface area contributed by atoms with Crippen molar-refractivity contribution in [1.29, 1.82) is 0 Å². The first kappa shape index (κ1) is 16.4. The molecule has 0 saturated heterocycles. The van der Waals surface area contributed by atoms with Gasteiger partial charge in [0.2, 0.25) is 0 Å². The van der Waals surface area contributed by atoms with Gasteiger partial charge in [-0.2, -0.15) is 0 Å². The van der Waals surface area contributed by atoms with E-state index in [1.165, 1.54) is 6.08 Å². The number of nitrogens with one attached hydrogen (secondary N) is 1. The number of ketones is 1. The summed E-state index contributed by atoms with van der Waals surface area (Å²) >= 11 is 0. The average molecular weight is 286 g/mol. The maximum absolute atomic E-state index is 11.9. The Balaban J connectivity index is 2.48. The topological polar surface area (TPSA) is 61.8 Å². The van der Waals surface area contributed by atoms with Gasteiger partial charge in [-0.15, -0.1) is 0 Å². The zero-order chi connectivity index (χ0) is 14.5. The Morgan fingerprint density at radius 3 is 2.79 bits per heavy atom. The summed E-state index contributed by atoms with van der Waals surface area (Å²) in [7, 11) is -1.10. The van der Waals surface area contributed by atoms with E-state index < -0.39 is 8.07 Å². The highest BCUT2D eigenvalue weighted by Gasteiger charge is 2.30. The molecular weight excluding hydrogens is 260 g/mol. The van der Waals surface area contributed by atoms with Crippen LogP contribution in [0.2, 0.25) is 25.7 Å². The van der Waals surface area contributed by atoms with E-state index in [0.717, 1.165) is 6.04 Å². The Hall–Kier alpha value is -0.693. The van der Waals surface area contributed by atoms with Crippen LogP contribution in [0.5, 0.6) is 0 Å². The van der Waals surface area contributed by atoms with Gasteiger partial charge in [0.15, 0.2) is 5.78 Å². The molecule has 0 spiro atoms. The zero-order valence-corrected chi connectivity index (χ0v) is 13.3. The molecule has 2 atom stereocenters. The van der Waals surface area contributed by atoms with Crippen LogP contribution in [0.15, 0.2) is 12.3 Å². The van der Waals surface area contributed by atoms with Crippen LogP contribution in [-0.2, 0) is 9.53 Å². The van der Waals surface area contributed by atoms with Gasteiger partial charge in [-0.1, -0.05) is 19.6 Å². The second-order valence-corrected chi connectivity index (χ2v) is 11.8. The standard InChI is InChI=1S/C13H26N2O3Si/c1-11(9-16)15-12(13(17)5-6-14-15)10-18-7-8-19(2,3)4/h5-6,11-12,14,16H,7-10H2,1-4H3. The van der Waals surface area contributed by atoms with Crippen molar-refractivity contribution >= 4 is 13.9 Å². The van der Waals surface area contributed by atoms with Crippen LogP contribution in [0.4, 0.5) is 0 Å². The lowest BCUT2D eigenvalue weighted by Crippen LogP contribution is -2.57. The van der Waals surface area contributed by atoms with Crippen LogP contribution in [0.1, 0.15) is 6.92 Å². The summed E-state index contributed by atoms with van der Waals surface area (Å²) in [5.41, 5.74) is 3.01. The van der Waals surface area contributed by atoms with Gasteiger partial charge in [0, 0.05) is 27.0 Å². The minimum atomic E-state index is -1.10. The number of aliphatic hydroxyl groups is 1. The number of ether oxygens (including phenoxy) is 1. The first-order chi connectivity index (χ1) is 8.85. The Labute approximate surface area is 116 Å². The number of aliphatic hydroxyl groups excluding tert-OH is 1. The number of carbonyl (C=O) groups is 1. The fraction of sp³-hybridized carbons (Fsp3) is 0.769. The van der Waals surface area contributed by atoms with E-state index >= 15 is 0 Å². The van der Waals surface area contributed by atoms with Crippen LogP contribution >= 0.6 is 0 Å². The van der Waals surface area contributed by atoms with Gasteiger partial charge < -0.3 is 15.3 Å². The summed E-state index contributed by atoms with van der Waals surface area (Å²) in [6.07, 6.45) is 3.13. The molecule has 2 N–H and O–H groups in total. The monoisotopic (exact) mass is 286 g/mol. The summed E-state index contributed by atoms with van der Waals surface area (Å²) in [5.74, 6) is 0.0204. The van der Waals surface area contributed by atoms with Gasteiger partial charge in [-0.25, -0.2) is 5.01 Å². The number of nitrogens with zero attached hydrogens (tertiary/aromatic N) is 1. The SMILES string of the molecule is CC(CO)N1NC=CC(=O)C1COCC[Si](C)(C)C. The summed E-state index contributed by atoms with van der Waals surface area (Å²) in [6, 6.07) is 0.612. The molecule has 2 unspecified atom stereocenters. The third-order valence-electron chi connectivity index (χ3n) is 3.15.